The molecule has 1 aliphatic rings. The quantitative estimate of drug-likeness (QED) is 0.812. The third kappa shape index (κ3) is 3.01. The molecule has 0 amide bonds. The molecule has 2 rings (SSSR count). The number of hydrogen-bond donors (Lipinski definition) is 1. The fourth-order valence-electron chi connectivity index (χ4n) is 2.06. The lowest BCUT2D eigenvalue weighted by Crippen LogP contribution is -2.37. The lowest BCUT2D eigenvalue weighted by molar-refractivity contribution is 0.0450. The number of pyridine rings is 1. The summed E-state index contributed by atoms with van der Waals surface area (Å²) in [4.78, 5) is 4.10. The van der Waals surface area contributed by atoms with E-state index in [0.29, 0.717) is 5.92 Å². The first-order valence-corrected chi connectivity index (χ1v) is 5.58. The van der Waals surface area contributed by atoms with Gasteiger partial charge in [-0.3, -0.25) is 4.98 Å². The molecule has 3 nitrogen and oxygen atoms in total. The van der Waals surface area contributed by atoms with Gasteiger partial charge in [0.05, 0.1) is 6.61 Å². The molecule has 0 spiro atoms. The highest BCUT2D eigenvalue weighted by Crippen LogP contribution is 2.18. The van der Waals surface area contributed by atoms with Crippen LogP contribution in [0.3, 0.4) is 0 Å². The zero-order chi connectivity index (χ0) is 10.5. The predicted molar refractivity (Wildman–Crippen MR) is 59.5 cm³/mol. The van der Waals surface area contributed by atoms with Crippen LogP contribution in [0.15, 0.2) is 24.5 Å². The van der Waals surface area contributed by atoms with Crippen LogP contribution in [0.5, 0.6) is 0 Å². The van der Waals surface area contributed by atoms with Crippen molar-refractivity contribution in [2.45, 2.75) is 25.3 Å². The molecule has 1 aliphatic heterocycles. The van der Waals surface area contributed by atoms with Gasteiger partial charge in [-0.05, 0) is 36.8 Å². The first kappa shape index (κ1) is 10.6. The van der Waals surface area contributed by atoms with Crippen LogP contribution in [0.4, 0.5) is 0 Å². The molecule has 0 saturated carbocycles. The van der Waals surface area contributed by atoms with Gasteiger partial charge in [-0.25, -0.2) is 0 Å². The highest BCUT2D eigenvalue weighted by Gasteiger charge is 2.21. The van der Waals surface area contributed by atoms with E-state index in [1.54, 1.807) is 6.20 Å². The summed E-state index contributed by atoms with van der Waals surface area (Å²) in [6, 6.07) is 4.24. The fourth-order valence-corrected chi connectivity index (χ4v) is 2.06. The van der Waals surface area contributed by atoms with E-state index in [4.69, 9.17) is 10.5 Å². The van der Waals surface area contributed by atoms with Crippen molar-refractivity contribution < 1.29 is 4.74 Å². The van der Waals surface area contributed by atoms with Gasteiger partial charge in [-0.15, -0.1) is 0 Å². The van der Waals surface area contributed by atoms with Crippen LogP contribution in [-0.4, -0.2) is 24.2 Å². The van der Waals surface area contributed by atoms with Crippen LogP contribution < -0.4 is 5.73 Å². The van der Waals surface area contributed by atoms with Gasteiger partial charge in [0.25, 0.3) is 0 Å². The average Bonchev–Trinajstić information content (AvgIpc) is 2.31. The van der Waals surface area contributed by atoms with Crippen molar-refractivity contribution in [1.82, 2.24) is 4.98 Å². The fraction of sp³-hybridized carbons (Fsp3) is 0.583. The first-order valence-electron chi connectivity index (χ1n) is 5.58. The molecule has 82 valence electrons. The number of nitrogens with zero attached hydrogens (tertiary/aromatic N) is 1. The molecular weight excluding hydrogens is 188 g/mol. The Morgan fingerprint density at radius 1 is 1.60 bits per heavy atom. The van der Waals surface area contributed by atoms with Crippen molar-refractivity contribution in [3.05, 3.63) is 30.1 Å². The molecule has 3 heteroatoms. The van der Waals surface area contributed by atoms with Crippen molar-refractivity contribution in [1.29, 1.82) is 0 Å². The monoisotopic (exact) mass is 206 g/mol. The minimum Gasteiger partial charge on any atom is -0.381 e. The van der Waals surface area contributed by atoms with Crippen LogP contribution in [0, 0.1) is 5.92 Å². The molecule has 1 aromatic heterocycles. The number of rotatable bonds is 3. The topological polar surface area (TPSA) is 48.1 Å². The highest BCUT2D eigenvalue weighted by molar-refractivity contribution is 5.10. The van der Waals surface area contributed by atoms with Crippen molar-refractivity contribution >= 4 is 0 Å². The molecule has 0 radical (unpaired) electrons. The molecule has 2 unspecified atom stereocenters. The van der Waals surface area contributed by atoms with Crippen molar-refractivity contribution in [2.75, 3.05) is 13.2 Å². The second-order valence-corrected chi connectivity index (χ2v) is 4.21. The largest absolute Gasteiger partial charge is 0.381 e. The Labute approximate surface area is 90.7 Å². The van der Waals surface area contributed by atoms with Gasteiger partial charge in [0.1, 0.15) is 0 Å². The Morgan fingerprint density at radius 3 is 3.20 bits per heavy atom. The van der Waals surface area contributed by atoms with Gasteiger partial charge >= 0.3 is 0 Å². The lowest BCUT2D eigenvalue weighted by atomic mass is 9.90. The van der Waals surface area contributed by atoms with E-state index in [-0.39, 0.29) is 6.04 Å². The second-order valence-electron chi connectivity index (χ2n) is 4.21. The number of ether oxygens (including phenoxy) is 1. The molecule has 1 fully saturated rings. The molecule has 2 atom stereocenters. The number of hydrogen-bond acceptors (Lipinski definition) is 3. The summed E-state index contributed by atoms with van der Waals surface area (Å²) < 4.78 is 5.45. The van der Waals surface area contributed by atoms with Gasteiger partial charge in [-0.1, -0.05) is 6.07 Å². The summed E-state index contributed by atoms with van der Waals surface area (Å²) in [5.74, 6) is 0.513. The third-order valence-electron chi connectivity index (χ3n) is 3.00. The highest BCUT2D eigenvalue weighted by atomic mass is 16.5. The summed E-state index contributed by atoms with van der Waals surface area (Å²) in [7, 11) is 0. The normalized spacial score (nSPS) is 23.7. The maximum Gasteiger partial charge on any atom is 0.0509 e. The van der Waals surface area contributed by atoms with Crippen molar-refractivity contribution in [3.8, 4) is 0 Å². The Balaban J connectivity index is 1.88. The summed E-state index contributed by atoms with van der Waals surface area (Å²) in [5.41, 5.74) is 7.39. The second kappa shape index (κ2) is 5.24. The van der Waals surface area contributed by atoms with E-state index < -0.39 is 0 Å². The van der Waals surface area contributed by atoms with Crippen LogP contribution in [0.1, 0.15) is 18.4 Å². The smallest absolute Gasteiger partial charge is 0.0509 e. The van der Waals surface area contributed by atoms with Gasteiger partial charge in [0.2, 0.25) is 0 Å². The first-order chi connectivity index (χ1) is 7.36. The van der Waals surface area contributed by atoms with Crippen molar-refractivity contribution in [2.24, 2.45) is 11.7 Å². The Hall–Kier alpha value is -0.930. The minimum atomic E-state index is 0.203. The van der Waals surface area contributed by atoms with Gasteiger partial charge < -0.3 is 10.5 Å². The van der Waals surface area contributed by atoms with E-state index in [0.717, 1.165) is 26.1 Å². The van der Waals surface area contributed by atoms with E-state index in [1.165, 1.54) is 12.0 Å². The van der Waals surface area contributed by atoms with Crippen LogP contribution in [-0.2, 0) is 11.2 Å². The van der Waals surface area contributed by atoms with Crippen molar-refractivity contribution in [3.63, 3.8) is 0 Å². The molecule has 15 heavy (non-hydrogen) atoms. The summed E-state index contributed by atoms with van der Waals surface area (Å²) in [6.45, 7) is 1.72. The number of nitrogens with two attached hydrogens (primary N) is 1. The van der Waals surface area contributed by atoms with E-state index in [2.05, 4.69) is 11.1 Å². The van der Waals surface area contributed by atoms with Crippen LogP contribution in [0.25, 0.3) is 0 Å². The predicted octanol–water partition coefficient (Wildman–Crippen LogP) is 1.38. The van der Waals surface area contributed by atoms with E-state index in [9.17, 15) is 0 Å². The molecule has 2 N–H and O–H groups in total. The molecule has 1 saturated heterocycles. The zero-order valence-corrected chi connectivity index (χ0v) is 8.93. The van der Waals surface area contributed by atoms with Gasteiger partial charge in [0, 0.05) is 25.0 Å². The molecule has 0 aliphatic carbocycles. The minimum absolute atomic E-state index is 0.203. The molecule has 1 aromatic rings. The SMILES string of the molecule is NC(Cc1cccnc1)C1CCCOC1. The number of aromatic nitrogens is 1. The molecule has 0 bridgehead atoms. The Bertz CT molecular complexity index is 283. The van der Waals surface area contributed by atoms with Gasteiger partial charge in [-0.2, -0.15) is 0 Å². The standard InChI is InChI=1S/C12H18N2O/c13-12(11-4-2-6-15-9-11)7-10-3-1-5-14-8-10/h1,3,5,8,11-12H,2,4,6-7,9,13H2. The lowest BCUT2D eigenvalue weighted by Gasteiger charge is -2.27. The molecule has 2 heterocycles. The summed E-state index contributed by atoms with van der Waals surface area (Å²) in [5, 5.41) is 0. The maximum atomic E-state index is 6.17. The maximum absolute atomic E-state index is 6.17. The summed E-state index contributed by atoms with van der Waals surface area (Å²) >= 11 is 0. The summed E-state index contributed by atoms with van der Waals surface area (Å²) in [6.07, 6.45) is 6.93. The van der Waals surface area contributed by atoms with Gasteiger partial charge in [0.15, 0.2) is 0 Å². The average molecular weight is 206 g/mol. The van der Waals surface area contributed by atoms with E-state index >= 15 is 0 Å². The zero-order valence-electron chi connectivity index (χ0n) is 8.93. The Kier molecular flexibility index (Phi) is 3.69. The van der Waals surface area contributed by atoms with Crippen LogP contribution >= 0.6 is 0 Å². The molecular formula is C12H18N2O. The Morgan fingerprint density at radius 2 is 2.53 bits per heavy atom. The van der Waals surface area contributed by atoms with E-state index in [1.807, 2.05) is 12.3 Å². The van der Waals surface area contributed by atoms with Crippen LogP contribution in [0.2, 0.25) is 0 Å². The third-order valence-corrected chi connectivity index (χ3v) is 3.00. The molecule has 0 aromatic carbocycles.